The summed E-state index contributed by atoms with van der Waals surface area (Å²) >= 11 is 0. The summed E-state index contributed by atoms with van der Waals surface area (Å²) < 4.78 is 0. The molecule has 0 unspecified atom stereocenters. The topological polar surface area (TPSA) is 78.4 Å². The van der Waals surface area contributed by atoms with Crippen molar-refractivity contribution >= 4 is 17.4 Å². The van der Waals surface area contributed by atoms with Crippen molar-refractivity contribution in [2.45, 2.75) is 26.3 Å². The van der Waals surface area contributed by atoms with Crippen LogP contribution in [0, 0.1) is 0 Å². The SMILES string of the molecule is CC(C)(C)N(O)c1ccc(C(=O)Nc2cccnn2)cc1. The summed E-state index contributed by atoms with van der Waals surface area (Å²) in [6.07, 6.45) is 1.53. The molecule has 110 valence electrons. The van der Waals surface area contributed by atoms with Crippen molar-refractivity contribution in [2.24, 2.45) is 0 Å². The summed E-state index contributed by atoms with van der Waals surface area (Å²) in [5.41, 5.74) is 0.689. The van der Waals surface area contributed by atoms with Gasteiger partial charge < -0.3 is 5.32 Å². The molecule has 0 aliphatic heterocycles. The van der Waals surface area contributed by atoms with Crippen LogP contribution in [0.15, 0.2) is 42.6 Å². The second-order valence-corrected chi connectivity index (χ2v) is 5.59. The van der Waals surface area contributed by atoms with Gasteiger partial charge in [-0.05, 0) is 57.2 Å². The fraction of sp³-hybridized carbons (Fsp3) is 0.267. The van der Waals surface area contributed by atoms with Gasteiger partial charge in [0, 0.05) is 11.8 Å². The fourth-order valence-corrected chi connectivity index (χ4v) is 1.70. The standard InChI is InChI=1S/C15H18N4O2/c1-15(2,3)19(21)12-8-6-11(7-9-12)14(20)17-13-5-4-10-16-18-13/h4-10,21H,1-3H3,(H,17,18,20). The second kappa shape index (κ2) is 5.88. The third kappa shape index (κ3) is 3.76. The number of nitrogens with zero attached hydrogens (tertiary/aromatic N) is 3. The Hall–Kier alpha value is -2.47. The van der Waals surface area contributed by atoms with E-state index in [2.05, 4.69) is 15.5 Å². The number of nitrogens with one attached hydrogen (secondary N) is 1. The highest BCUT2D eigenvalue weighted by Crippen LogP contribution is 2.22. The maximum Gasteiger partial charge on any atom is 0.256 e. The molecule has 0 aliphatic carbocycles. The van der Waals surface area contributed by atoms with Crippen LogP contribution in [0.3, 0.4) is 0 Å². The molecule has 6 nitrogen and oxygen atoms in total. The van der Waals surface area contributed by atoms with Crippen molar-refractivity contribution in [3.63, 3.8) is 0 Å². The Morgan fingerprint density at radius 1 is 1.19 bits per heavy atom. The lowest BCUT2D eigenvalue weighted by Gasteiger charge is -2.31. The molecule has 6 heteroatoms. The number of hydrogen-bond donors (Lipinski definition) is 2. The van der Waals surface area contributed by atoms with Crippen LogP contribution in [0.1, 0.15) is 31.1 Å². The van der Waals surface area contributed by atoms with Gasteiger partial charge in [-0.15, -0.1) is 5.10 Å². The first kappa shape index (κ1) is 14.9. The first-order valence-corrected chi connectivity index (χ1v) is 6.56. The average Bonchev–Trinajstić information content (AvgIpc) is 2.46. The monoisotopic (exact) mass is 286 g/mol. The van der Waals surface area contributed by atoms with E-state index in [1.807, 2.05) is 20.8 Å². The third-order valence-electron chi connectivity index (χ3n) is 2.82. The van der Waals surface area contributed by atoms with Gasteiger partial charge in [0.25, 0.3) is 5.91 Å². The van der Waals surface area contributed by atoms with Gasteiger partial charge in [0.2, 0.25) is 0 Å². The maximum absolute atomic E-state index is 12.0. The van der Waals surface area contributed by atoms with E-state index in [-0.39, 0.29) is 5.91 Å². The Bertz CT molecular complexity index is 606. The van der Waals surface area contributed by atoms with Crippen molar-refractivity contribution in [3.05, 3.63) is 48.2 Å². The van der Waals surface area contributed by atoms with Crippen molar-refractivity contribution in [1.29, 1.82) is 0 Å². The van der Waals surface area contributed by atoms with Gasteiger partial charge in [0.15, 0.2) is 5.82 Å². The highest BCUT2D eigenvalue weighted by Gasteiger charge is 2.20. The summed E-state index contributed by atoms with van der Waals surface area (Å²) in [4.78, 5) is 12.0. The molecule has 0 fully saturated rings. The zero-order valence-corrected chi connectivity index (χ0v) is 12.2. The molecule has 0 atom stereocenters. The van der Waals surface area contributed by atoms with Crippen LogP contribution in [0.25, 0.3) is 0 Å². The molecule has 1 heterocycles. The number of hydroxylamine groups is 1. The molecule has 0 spiro atoms. The molecule has 0 bridgehead atoms. The van der Waals surface area contributed by atoms with Gasteiger partial charge >= 0.3 is 0 Å². The lowest BCUT2D eigenvalue weighted by Crippen LogP contribution is -2.38. The summed E-state index contributed by atoms with van der Waals surface area (Å²) in [6.45, 7) is 5.67. The number of carbonyl (C=O) groups excluding carboxylic acids is 1. The molecule has 0 radical (unpaired) electrons. The average molecular weight is 286 g/mol. The summed E-state index contributed by atoms with van der Waals surface area (Å²) in [7, 11) is 0. The number of amides is 1. The molecular weight excluding hydrogens is 268 g/mol. The lowest BCUT2D eigenvalue weighted by molar-refractivity contribution is 0.102. The van der Waals surface area contributed by atoms with Crippen LogP contribution in [0.5, 0.6) is 0 Å². The number of benzene rings is 1. The van der Waals surface area contributed by atoms with Crippen LogP contribution < -0.4 is 10.4 Å². The van der Waals surface area contributed by atoms with E-state index in [1.54, 1.807) is 36.4 Å². The normalized spacial score (nSPS) is 11.0. The van der Waals surface area contributed by atoms with Crippen LogP contribution in [-0.4, -0.2) is 26.9 Å². The first-order chi connectivity index (χ1) is 9.88. The third-order valence-corrected chi connectivity index (χ3v) is 2.82. The smallest absolute Gasteiger partial charge is 0.256 e. The zero-order chi connectivity index (χ0) is 15.5. The molecule has 21 heavy (non-hydrogen) atoms. The largest absolute Gasteiger partial charge is 0.305 e. The van der Waals surface area contributed by atoms with Crippen molar-refractivity contribution < 1.29 is 10.0 Å². The van der Waals surface area contributed by atoms with Gasteiger partial charge in [0.1, 0.15) is 0 Å². The predicted molar refractivity (Wildman–Crippen MR) is 80.4 cm³/mol. The number of hydrogen-bond acceptors (Lipinski definition) is 5. The Balaban J connectivity index is 2.10. The van der Waals surface area contributed by atoms with Crippen molar-refractivity contribution in [2.75, 3.05) is 10.4 Å². The Labute approximate surface area is 123 Å². The van der Waals surface area contributed by atoms with Crippen LogP contribution in [0.4, 0.5) is 11.5 Å². The summed E-state index contributed by atoms with van der Waals surface area (Å²) in [5, 5.41) is 21.3. The summed E-state index contributed by atoms with van der Waals surface area (Å²) in [5.74, 6) is 0.118. The fourth-order valence-electron chi connectivity index (χ4n) is 1.70. The number of rotatable bonds is 3. The number of carbonyl (C=O) groups is 1. The molecule has 2 aromatic rings. The quantitative estimate of drug-likeness (QED) is 0.848. The van der Waals surface area contributed by atoms with E-state index in [0.29, 0.717) is 17.1 Å². The minimum absolute atomic E-state index is 0.276. The van der Waals surface area contributed by atoms with Gasteiger partial charge in [-0.25, -0.2) is 0 Å². The first-order valence-electron chi connectivity index (χ1n) is 6.56. The minimum atomic E-state index is -0.413. The van der Waals surface area contributed by atoms with E-state index >= 15 is 0 Å². The Morgan fingerprint density at radius 2 is 1.86 bits per heavy atom. The highest BCUT2D eigenvalue weighted by atomic mass is 16.5. The number of anilines is 2. The second-order valence-electron chi connectivity index (χ2n) is 5.59. The summed E-state index contributed by atoms with van der Waals surface area (Å²) in [6, 6.07) is 10.0. The Kier molecular flexibility index (Phi) is 4.18. The van der Waals surface area contributed by atoms with E-state index in [0.717, 1.165) is 5.06 Å². The lowest BCUT2D eigenvalue weighted by atomic mass is 10.1. The Morgan fingerprint density at radius 3 is 2.38 bits per heavy atom. The minimum Gasteiger partial charge on any atom is -0.305 e. The molecule has 0 saturated carbocycles. The van der Waals surface area contributed by atoms with Crippen molar-refractivity contribution in [1.82, 2.24) is 10.2 Å². The van der Waals surface area contributed by atoms with E-state index in [9.17, 15) is 10.0 Å². The molecule has 1 amide bonds. The van der Waals surface area contributed by atoms with Crippen LogP contribution in [-0.2, 0) is 0 Å². The van der Waals surface area contributed by atoms with Crippen LogP contribution >= 0.6 is 0 Å². The predicted octanol–water partition coefficient (Wildman–Crippen LogP) is 2.72. The molecule has 0 aliphatic rings. The van der Waals surface area contributed by atoms with Gasteiger partial charge in [-0.1, -0.05) is 0 Å². The highest BCUT2D eigenvalue weighted by molar-refractivity contribution is 6.03. The van der Waals surface area contributed by atoms with E-state index < -0.39 is 5.54 Å². The van der Waals surface area contributed by atoms with Gasteiger partial charge in [-0.3, -0.25) is 15.1 Å². The molecule has 2 rings (SSSR count). The molecule has 1 aromatic heterocycles. The van der Waals surface area contributed by atoms with Gasteiger partial charge in [0.05, 0.1) is 11.2 Å². The molecular formula is C15H18N4O2. The molecule has 2 N–H and O–H groups in total. The van der Waals surface area contributed by atoms with E-state index in [1.165, 1.54) is 6.20 Å². The zero-order valence-electron chi connectivity index (χ0n) is 12.2. The maximum atomic E-state index is 12.0. The van der Waals surface area contributed by atoms with Crippen LogP contribution in [0.2, 0.25) is 0 Å². The molecule has 0 saturated heterocycles. The van der Waals surface area contributed by atoms with Crippen molar-refractivity contribution in [3.8, 4) is 0 Å². The van der Waals surface area contributed by atoms with E-state index in [4.69, 9.17) is 0 Å². The molecule has 1 aromatic carbocycles. The number of aromatic nitrogens is 2. The van der Waals surface area contributed by atoms with Gasteiger partial charge in [-0.2, -0.15) is 5.10 Å².